The fourth-order valence-corrected chi connectivity index (χ4v) is 4.17. The fraction of sp³-hybridized carbons (Fsp3) is 0.286. The molecule has 2 aromatic rings. The van der Waals surface area contributed by atoms with Crippen LogP contribution in [0.4, 0.5) is 10.1 Å². The highest BCUT2D eigenvalue weighted by molar-refractivity contribution is 7.91. The molecule has 0 spiro atoms. The SMILES string of the molecule is Cc1ccc(S(=O)(=O)NCc2ccc(N(C)C)c(F)c2)s1. The van der Waals surface area contributed by atoms with Crippen molar-refractivity contribution >= 4 is 27.0 Å². The van der Waals surface area contributed by atoms with Gasteiger partial charge in [-0.25, -0.2) is 17.5 Å². The molecule has 1 heterocycles. The summed E-state index contributed by atoms with van der Waals surface area (Å²) in [6, 6.07) is 8.01. The van der Waals surface area contributed by atoms with E-state index in [4.69, 9.17) is 0 Å². The van der Waals surface area contributed by atoms with E-state index in [0.717, 1.165) is 4.88 Å². The lowest BCUT2D eigenvalue weighted by Gasteiger charge is -2.14. The molecule has 0 saturated heterocycles. The summed E-state index contributed by atoms with van der Waals surface area (Å²) >= 11 is 1.21. The van der Waals surface area contributed by atoms with Crippen LogP contribution in [-0.4, -0.2) is 22.5 Å². The molecule has 1 aromatic heterocycles. The maximum atomic E-state index is 13.8. The second-order valence-electron chi connectivity index (χ2n) is 4.87. The number of anilines is 1. The van der Waals surface area contributed by atoms with E-state index in [9.17, 15) is 12.8 Å². The third-order valence-electron chi connectivity index (χ3n) is 2.94. The quantitative estimate of drug-likeness (QED) is 0.918. The third-order valence-corrected chi connectivity index (χ3v) is 5.83. The number of nitrogens with zero attached hydrogens (tertiary/aromatic N) is 1. The number of rotatable bonds is 5. The first-order valence-electron chi connectivity index (χ1n) is 6.31. The van der Waals surface area contributed by atoms with Gasteiger partial charge in [-0.1, -0.05) is 6.07 Å². The number of hydrogen-bond donors (Lipinski definition) is 1. The van der Waals surface area contributed by atoms with E-state index in [1.807, 2.05) is 6.92 Å². The van der Waals surface area contributed by atoms with Gasteiger partial charge in [0.05, 0.1) is 5.69 Å². The molecule has 0 fully saturated rings. The van der Waals surface area contributed by atoms with E-state index < -0.39 is 10.0 Å². The summed E-state index contributed by atoms with van der Waals surface area (Å²) < 4.78 is 40.7. The zero-order chi connectivity index (χ0) is 15.6. The molecule has 21 heavy (non-hydrogen) atoms. The Morgan fingerprint density at radius 2 is 1.95 bits per heavy atom. The monoisotopic (exact) mass is 328 g/mol. The molecule has 0 radical (unpaired) electrons. The lowest BCUT2D eigenvalue weighted by atomic mass is 10.2. The standard InChI is InChI=1S/C14H17FN2O2S2/c1-10-4-7-14(20-10)21(18,19)16-9-11-5-6-13(17(2)3)12(15)8-11/h4-8,16H,9H2,1-3H3. The Morgan fingerprint density at radius 1 is 1.24 bits per heavy atom. The lowest BCUT2D eigenvalue weighted by Crippen LogP contribution is -2.22. The van der Waals surface area contributed by atoms with Crippen LogP contribution in [0.5, 0.6) is 0 Å². The molecule has 0 atom stereocenters. The average Bonchev–Trinajstić information content (AvgIpc) is 2.84. The second kappa shape index (κ2) is 6.13. The van der Waals surface area contributed by atoms with Crippen LogP contribution < -0.4 is 9.62 Å². The van der Waals surface area contributed by atoms with Crippen molar-refractivity contribution in [1.82, 2.24) is 4.72 Å². The molecule has 4 nitrogen and oxygen atoms in total. The predicted molar refractivity (Wildman–Crippen MR) is 83.8 cm³/mol. The van der Waals surface area contributed by atoms with Gasteiger partial charge in [-0.3, -0.25) is 0 Å². The van der Waals surface area contributed by atoms with Crippen molar-refractivity contribution in [3.8, 4) is 0 Å². The Balaban J connectivity index is 2.11. The summed E-state index contributed by atoms with van der Waals surface area (Å²) in [5.74, 6) is -0.372. The van der Waals surface area contributed by atoms with Crippen molar-refractivity contribution in [2.24, 2.45) is 0 Å². The molecule has 0 amide bonds. The maximum absolute atomic E-state index is 13.8. The number of thiophene rings is 1. The lowest BCUT2D eigenvalue weighted by molar-refractivity contribution is 0.582. The van der Waals surface area contributed by atoms with Crippen LogP contribution in [0.3, 0.4) is 0 Å². The molecule has 114 valence electrons. The molecule has 1 N–H and O–H groups in total. The van der Waals surface area contributed by atoms with Gasteiger partial charge in [0.1, 0.15) is 10.0 Å². The summed E-state index contributed by atoms with van der Waals surface area (Å²) in [5.41, 5.74) is 1.05. The number of hydrogen-bond acceptors (Lipinski definition) is 4. The Kier molecular flexibility index (Phi) is 4.65. The first-order chi connectivity index (χ1) is 9.79. The highest BCUT2D eigenvalue weighted by atomic mass is 32.2. The summed E-state index contributed by atoms with van der Waals surface area (Å²) in [7, 11) is -0.0415. The summed E-state index contributed by atoms with van der Waals surface area (Å²) in [5, 5.41) is 0. The van der Waals surface area contributed by atoms with Crippen LogP contribution in [0.25, 0.3) is 0 Å². The van der Waals surface area contributed by atoms with Crippen molar-refractivity contribution in [2.45, 2.75) is 17.7 Å². The predicted octanol–water partition coefficient (Wildman–Crippen LogP) is 2.74. The Bertz CT molecular complexity index is 739. The van der Waals surface area contributed by atoms with Gasteiger partial charge in [0.15, 0.2) is 0 Å². The number of halogens is 1. The van der Waals surface area contributed by atoms with Gasteiger partial charge in [-0.15, -0.1) is 11.3 Å². The number of nitrogens with one attached hydrogen (secondary N) is 1. The molecule has 0 bridgehead atoms. The smallest absolute Gasteiger partial charge is 0.250 e. The minimum atomic E-state index is -3.54. The van der Waals surface area contributed by atoms with Gasteiger partial charge in [0.25, 0.3) is 0 Å². The molecule has 0 aliphatic heterocycles. The second-order valence-corrected chi connectivity index (χ2v) is 8.15. The Hall–Kier alpha value is -1.44. The van der Waals surface area contributed by atoms with Gasteiger partial charge >= 0.3 is 0 Å². The van der Waals surface area contributed by atoms with Crippen molar-refractivity contribution < 1.29 is 12.8 Å². The van der Waals surface area contributed by atoms with Crippen LogP contribution in [0.15, 0.2) is 34.5 Å². The van der Waals surface area contributed by atoms with Gasteiger partial charge in [-0.2, -0.15) is 0 Å². The van der Waals surface area contributed by atoms with Gasteiger partial charge in [0.2, 0.25) is 10.0 Å². The zero-order valence-corrected chi connectivity index (χ0v) is 13.7. The van der Waals surface area contributed by atoms with E-state index in [1.165, 1.54) is 17.4 Å². The first-order valence-corrected chi connectivity index (χ1v) is 8.61. The van der Waals surface area contributed by atoms with E-state index in [2.05, 4.69) is 4.72 Å². The first kappa shape index (κ1) is 15.9. The maximum Gasteiger partial charge on any atom is 0.250 e. The van der Waals surface area contributed by atoms with Crippen molar-refractivity contribution in [3.05, 3.63) is 46.6 Å². The molecule has 2 rings (SSSR count). The molecular formula is C14H17FN2O2S2. The zero-order valence-electron chi connectivity index (χ0n) is 12.1. The summed E-state index contributed by atoms with van der Waals surface area (Å²) in [6.45, 7) is 1.91. The summed E-state index contributed by atoms with van der Waals surface area (Å²) in [4.78, 5) is 2.59. The minimum Gasteiger partial charge on any atom is -0.375 e. The molecule has 0 unspecified atom stereocenters. The van der Waals surface area contributed by atoms with Crippen molar-refractivity contribution in [3.63, 3.8) is 0 Å². The van der Waals surface area contributed by atoms with Crippen LogP contribution in [-0.2, 0) is 16.6 Å². The van der Waals surface area contributed by atoms with E-state index in [0.29, 0.717) is 11.3 Å². The van der Waals surface area contributed by atoms with Crippen LogP contribution in [0.2, 0.25) is 0 Å². The molecule has 0 aliphatic carbocycles. The molecule has 0 saturated carbocycles. The van der Waals surface area contributed by atoms with Gasteiger partial charge in [0, 0.05) is 25.5 Å². The van der Waals surface area contributed by atoms with Crippen LogP contribution in [0.1, 0.15) is 10.4 Å². The Morgan fingerprint density at radius 3 is 2.48 bits per heavy atom. The average molecular weight is 328 g/mol. The highest BCUT2D eigenvalue weighted by Crippen LogP contribution is 2.21. The molecule has 0 aliphatic rings. The third kappa shape index (κ3) is 3.81. The van der Waals surface area contributed by atoms with Crippen molar-refractivity contribution in [2.75, 3.05) is 19.0 Å². The Labute approximate surface area is 128 Å². The van der Waals surface area contributed by atoms with Crippen LogP contribution in [0, 0.1) is 12.7 Å². The normalized spacial score (nSPS) is 11.6. The summed E-state index contributed by atoms with van der Waals surface area (Å²) in [6.07, 6.45) is 0. The topological polar surface area (TPSA) is 49.4 Å². The van der Waals surface area contributed by atoms with E-state index in [-0.39, 0.29) is 16.6 Å². The molecule has 1 aromatic carbocycles. The largest absolute Gasteiger partial charge is 0.375 e. The van der Waals surface area contributed by atoms with Crippen molar-refractivity contribution in [1.29, 1.82) is 0 Å². The fourth-order valence-electron chi connectivity index (χ4n) is 1.83. The number of aryl methyl sites for hydroxylation is 1. The van der Waals surface area contributed by atoms with E-state index >= 15 is 0 Å². The van der Waals surface area contributed by atoms with Gasteiger partial charge < -0.3 is 4.90 Å². The van der Waals surface area contributed by atoms with Crippen LogP contribution >= 0.6 is 11.3 Å². The van der Waals surface area contributed by atoms with E-state index in [1.54, 1.807) is 43.3 Å². The molecular weight excluding hydrogens is 311 g/mol. The highest BCUT2D eigenvalue weighted by Gasteiger charge is 2.16. The van der Waals surface area contributed by atoms with Gasteiger partial charge in [-0.05, 0) is 36.8 Å². The minimum absolute atomic E-state index is 0.0594. The number of benzene rings is 1. The number of sulfonamides is 1. The molecule has 7 heteroatoms.